The van der Waals surface area contributed by atoms with Gasteiger partial charge in [0.1, 0.15) is 0 Å². The van der Waals surface area contributed by atoms with Gasteiger partial charge in [-0.3, -0.25) is 0 Å². The number of benzene rings is 1. The first kappa shape index (κ1) is 14.4. The Kier molecular flexibility index (Phi) is 2.63. The Balaban J connectivity index is 1.53. The zero-order chi connectivity index (χ0) is 15.8. The summed E-state index contributed by atoms with van der Waals surface area (Å²) in [5.74, 6) is -2.55. The van der Waals surface area contributed by atoms with E-state index in [0.717, 1.165) is 37.4 Å². The van der Waals surface area contributed by atoms with Crippen LogP contribution in [0.4, 0.5) is 22.0 Å². The standard InChI is InChI=1S/C16H16F5N/c17-15(18,10-1-3-11(4-2-10)16(19,20)21)14-7-13(8-14,9-14)12-5-22-6-12/h1-4,12,22H,5-9H2. The van der Waals surface area contributed by atoms with Crippen LogP contribution in [0, 0.1) is 16.7 Å². The van der Waals surface area contributed by atoms with Crippen molar-refractivity contribution >= 4 is 0 Å². The van der Waals surface area contributed by atoms with Crippen molar-refractivity contribution in [1.29, 1.82) is 0 Å². The van der Waals surface area contributed by atoms with Crippen molar-refractivity contribution in [1.82, 2.24) is 5.32 Å². The molecule has 1 aliphatic heterocycles. The fourth-order valence-electron chi connectivity index (χ4n) is 4.53. The van der Waals surface area contributed by atoms with Crippen LogP contribution in [0.2, 0.25) is 0 Å². The molecule has 1 saturated heterocycles. The number of nitrogens with one attached hydrogen (secondary N) is 1. The van der Waals surface area contributed by atoms with E-state index in [1.54, 1.807) is 0 Å². The Hall–Kier alpha value is -1.17. The van der Waals surface area contributed by atoms with Crippen molar-refractivity contribution in [2.45, 2.75) is 31.4 Å². The highest BCUT2D eigenvalue weighted by atomic mass is 19.4. The third-order valence-electron chi connectivity index (χ3n) is 5.96. The molecule has 4 aliphatic rings. The molecule has 2 bridgehead atoms. The molecule has 120 valence electrons. The Morgan fingerprint density at radius 1 is 0.864 bits per heavy atom. The third-order valence-corrected chi connectivity index (χ3v) is 5.96. The van der Waals surface area contributed by atoms with E-state index in [1.807, 2.05) is 0 Å². The van der Waals surface area contributed by atoms with Crippen LogP contribution in [0.5, 0.6) is 0 Å². The smallest absolute Gasteiger partial charge is 0.316 e. The normalized spacial score (nSPS) is 34.6. The molecule has 1 nitrogen and oxygen atoms in total. The Labute approximate surface area is 124 Å². The lowest BCUT2D eigenvalue weighted by molar-refractivity contribution is -0.342. The zero-order valence-corrected chi connectivity index (χ0v) is 11.8. The van der Waals surface area contributed by atoms with E-state index in [9.17, 15) is 22.0 Å². The number of alkyl halides is 5. The second-order valence-corrected chi connectivity index (χ2v) is 7.18. The number of halogens is 5. The predicted molar refractivity (Wildman–Crippen MR) is 70.4 cm³/mol. The lowest BCUT2D eigenvalue weighted by Crippen LogP contribution is -2.74. The molecule has 0 unspecified atom stereocenters. The molecular formula is C16H16F5N. The van der Waals surface area contributed by atoms with E-state index < -0.39 is 23.1 Å². The highest BCUT2D eigenvalue weighted by Crippen LogP contribution is 2.82. The molecule has 0 radical (unpaired) electrons. The van der Waals surface area contributed by atoms with Gasteiger partial charge in [0.2, 0.25) is 0 Å². The number of hydrogen-bond donors (Lipinski definition) is 1. The predicted octanol–water partition coefficient (Wildman–Crippen LogP) is 4.19. The first-order chi connectivity index (χ1) is 10.2. The molecule has 1 N–H and O–H groups in total. The Morgan fingerprint density at radius 2 is 1.36 bits per heavy atom. The van der Waals surface area contributed by atoms with E-state index in [4.69, 9.17) is 0 Å². The molecule has 4 fully saturated rings. The van der Waals surface area contributed by atoms with Crippen LogP contribution < -0.4 is 5.32 Å². The molecule has 5 rings (SSSR count). The van der Waals surface area contributed by atoms with Gasteiger partial charge in [0, 0.05) is 11.0 Å². The summed E-state index contributed by atoms with van der Waals surface area (Å²) in [7, 11) is 0. The maximum Gasteiger partial charge on any atom is 0.416 e. The van der Waals surface area contributed by atoms with Gasteiger partial charge in [0.15, 0.2) is 0 Å². The first-order valence-corrected chi connectivity index (χ1v) is 7.45. The molecule has 0 spiro atoms. The summed E-state index contributed by atoms with van der Waals surface area (Å²) in [5, 5.41) is 3.17. The maximum atomic E-state index is 14.7. The molecule has 3 saturated carbocycles. The first-order valence-electron chi connectivity index (χ1n) is 7.45. The van der Waals surface area contributed by atoms with Gasteiger partial charge in [0.25, 0.3) is 5.92 Å². The average Bonchev–Trinajstić information content (AvgIpc) is 2.28. The minimum Gasteiger partial charge on any atom is -0.316 e. The minimum atomic E-state index is -4.49. The van der Waals surface area contributed by atoms with Gasteiger partial charge in [-0.05, 0) is 55.8 Å². The molecule has 3 aliphatic carbocycles. The summed E-state index contributed by atoms with van der Waals surface area (Å²) in [4.78, 5) is 0. The summed E-state index contributed by atoms with van der Waals surface area (Å²) < 4.78 is 67.0. The highest BCUT2D eigenvalue weighted by Gasteiger charge is 2.79. The summed E-state index contributed by atoms with van der Waals surface area (Å²) in [6.07, 6.45) is -2.99. The maximum absolute atomic E-state index is 14.7. The largest absolute Gasteiger partial charge is 0.416 e. The van der Waals surface area contributed by atoms with Crippen LogP contribution in [0.15, 0.2) is 24.3 Å². The molecular weight excluding hydrogens is 301 g/mol. The zero-order valence-electron chi connectivity index (χ0n) is 11.8. The van der Waals surface area contributed by atoms with Gasteiger partial charge in [0.05, 0.1) is 5.56 Å². The molecule has 1 heterocycles. The molecule has 0 aromatic heterocycles. The molecule has 0 atom stereocenters. The van der Waals surface area contributed by atoms with E-state index in [0.29, 0.717) is 25.2 Å². The summed E-state index contributed by atoms with van der Waals surface area (Å²) in [5.41, 5.74) is -2.13. The molecule has 6 heteroatoms. The average molecular weight is 317 g/mol. The summed E-state index contributed by atoms with van der Waals surface area (Å²) >= 11 is 0. The van der Waals surface area contributed by atoms with E-state index >= 15 is 0 Å². The van der Waals surface area contributed by atoms with E-state index in [2.05, 4.69) is 5.32 Å². The Morgan fingerprint density at radius 3 is 1.77 bits per heavy atom. The van der Waals surface area contributed by atoms with Gasteiger partial charge in [-0.15, -0.1) is 0 Å². The van der Waals surface area contributed by atoms with Crippen molar-refractivity contribution in [2.75, 3.05) is 13.1 Å². The monoisotopic (exact) mass is 317 g/mol. The molecule has 1 aromatic rings. The lowest BCUT2D eigenvalue weighted by atomic mass is 9.29. The molecule has 0 amide bonds. The lowest BCUT2D eigenvalue weighted by Gasteiger charge is -2.76. The van der Waals surface area contributed by atoms with Crippen LogP contribution >= 0.6 is 0 Å². The van der Waals surface area contributed by atoms with Gasteiger partial charge in [-0.25, -0.2) is 8.78 Å². The summed E-state index contributed by atoms with van der Waals surface area (Å²) in [6.45, 7) is 1.81. The van der Waals surface area contributed by atoms with E-state index in [1.165, 1.54) is 0 Å². The fraction of sp³-hybridized carbons (Fsp3) is 0.625. The van der Waals surface area contributed by atoms with Crippen molar-refractivity contribution in [3.63, 3.8) is 0 Å². The van der Waals surface area contributed by atoms with Gasteiger partial charge < -0.3 is 5.32 Å². The van der Waals surface area contributed by atoms with Crippen molar-refractivity contribution in [3.05, 3.63) is 35.4 Å². The topological polar surface area (TPSA) is 12.0 Å². The fourth-order valence-corrected chi connectivity index (χ4v) is 4.53. The quantitative estimate of drug-likeness (QED) is 0.825. The van der Waals surface area contributed by atoms with Crippen LogP contribution in [0.3, 0.4) is 0 Å². The van der Waals surface area contributed by atoms with Crippen molar-refractivity contribution in [3.8, 4) is 0 Å². The van der Waals surface area contributed by atoms with Crippen LogP contribution in [-0.4, -0.2) is 13.1 Å². The van der Waals surface area contributed by atoms with Crippen molar-refractivity contribution in [2.24, 2.45) is 16.7 Å². The van der Waals surface area contributed by atoms with Gasteiger partial charge in [-0.1, -0.05) is 12.1 Å². The second kappa shape index (κ2) is 4.02. The number of hydrogen-bond acceptors (Lipinski definition) is 1. The van der Waals surface area contributed by atoms with Crippen LogP contribution in [0.1, 0.15) is 30.4 Å². The summed E-state index contributed by atoms with van der Waals surface area (Å²) in [6, 6.07) is 3.36. The van der Waals surface area contributed by atoms with E-state index in [-0.39, 0.29) is 11.0 Å². The SMILES string of the molecule is FC(F)(F)c1ccc(C(F)(F)C23CC(C4CNC4)(C2)C3)cc1. The van der Waals surface area contributed by atoms with Crippen LogP contribution in [0.25, 0.3) is 0 Å². The van der Waals surface area contributed by atoms with Gasteiger partial charge in [-0.2, -0.15) is 13.2 Å². The number of rotatable bonds is 3. The highest BCUT2D eigenvalue weighted by molar-refractivity contribution is 5.34. The minimum absolute atomic E-state index is 0.0700. The van der Waals surface area contributed by atoms with Gasteiger partial charge >= 0.3 is 6.18 Å². The van der Waals surface area contributed by atoms with Crippen LogP contribution in [-0.2, 0) is 12.1 Å². The molecule has 22 heavy (non-hydrogen) atoms. The van der Waals surface area contributed by atoms with Crippen molar-refractivity contribution < 1.29 is 22.0 Å². The second-order valence-electron chi connectivity index (χ2n) is 7.18. The third kappa shape index (κ3) is 1.67. The molecule has 1 aromatic carbocycles. The Bertz CT molecular complexity index is 580.